The molecule has 8 N–H and O–H groups in total. The lowest BCUT2D eigenvalue weighted by molar-refractivity contribution is -0.317. The predicted molar refractivity (Wildman–Crippen MR) is 144 cm³/mol. The molecule has 0 aromatic rings. The van der Waals surface area contributed by atoms with Gasteiger partial charge in [0.05, 0.1) is 24.9 Å². The smallest absolute Gasteiger partial charge is 0.187 e. The minimum absolute atomic E-state index is 0.129. The highest BCUT2D eigenvalue weighted by Gasteiger charge is 2.45. The first-order chi connectivity index (χ1) is 17.7. The molecule has 0 saturated carbocycles. The molecular formula is C28H57NO8. The Balaban J connectivity index is 2.01. The highest BCUT2D eigenvalue weighted by molar-refractivity contribution is 4.89. The van der Waals surface area contributed by atoms with E-state index in [1.54, 1.807) is 6.92 Å². The molecule has 37 heavy (non-hydrogen) atoms. The van der Waals surface area contributed by atoms with Gasteiger partial charge in [0, 0.05) is 6.04 Å². The molecule has 9 nitrogen and oxygen atoms in total. The van der Waals surface area contributed by atoms with Crippen LogP contribution in [0.25, 0.3) is 0 Å². The standard InChI is InChI=1S/C28H57NO8/c1-20(29)22(32)17-15-13-11-9-7-5-3-4-6-8-10-12-14-16-18-23(21(2)31)36-28-27(35)26(34)25(33)24(19-30)37-28/h20-28,30-35H,3-19,29H2,1-2H3. The van der Waals surface area contributed by atoms with E-state index in [1.807, 2.05) is 6.92 Å². The van der Waals surface area contributed by atoms with Gasteiger partial charge in [-0.25, -0.2) is 0 Å². The van der Waals surface area contributed by atoms with E-state index in [9.17, 15) is 30.6 Å². The number of aliphatic hydroxyl groups is 6. The number of unbranched alkanes of at least 4 members (excludes halogenated alkanes) is 13. The van der Waals surface area contributed by atoms with Crippen molar-refractivity contribution in [2.45, 2.75) is 172 Å². The van der Waals surface area contributed by atoms with Gasteiger partial charge in [0.15, 0.2) is 6.29 Å². The first kappa shape index (κ1) is 34.7. The second kappa shape index (κ2) is 20.5. The van der Waals surface area contributed by atoms with Crippen LogP contribution < -0.4 is 5.73 Å². The summed E-state index contributed by atoms with van der Waals surface area (Å²) in [5.74, 6) is 0. The summed E-state index contributed by atoms with van der Waals surface area (Å²) in [4.78, 5) is 0. The first-order valence-electron chi connectivity index (χ1n) is 14.8. The van der Waals surface area contributed by atoms with Crippen LogP contribution in [0.3, 0.4) is 0 Å². The Morgan fingerprint density at radius 3 is 1.51 bits per heavy atom. The Kier molecular flexibility index (Phi) is 19.2. The van der Waals surface area contributed by atoms with Gasteiger partial charge >= 0.3 is 0 Å². The Morgan fingerprint density at radius 2 is 1.11 bits per heavy atom. The summed E-state index contributed by atoms with van der Waals surface area (Å²) in [5, 5.41) is 59.1. The number of nitrogens with two attached hydrogens (primary N) is 1. The zero-order chi connectivity index (χ0) is 27.6. The number of hydrogen-bond acceptors (Lipinski definition) is 9. The fourth-order valence-electron chi connectivity index (χ4n) is 4.86. The lowest BCUT2D eigenvalue weighted by Crippen LogP contribution is -2.60. The van der Waals surface area contributed by atoms with Crippen molar-refractivity contribution in [1.29, 1.82) is 0 Å². The van der Waals surface area contributed by atoms with E-state index < -0.39 is 49.5 Å². The number of hydrogen-bond donors (Lipinski definition) is 7. The van der Waals surface area contributed by atoms with Crippen LogP contribution in [0.2, 0.25) is 0 Å². The Bertz CT molecular complexity index is 536. The lowest BCUT2D eigenvalue weighted by Gasteiger charge is -2.41. The third-order valence-corrected chi connectivity index (χ3v) is 7.54. The number of aliphatic hydroxyl groups excluding tert-OH is 6. The van der Waals surface area contributed by atoms with Gasteiger partial charge in [0.1, 0.15) is 24.4 Å². The number of ether oxygens (including phenoxy) is 2. The molecule has 1 rings (SSSR count). The van der Waals surface area contributed by atoms with E-state index in [0.717, 1.165) is 32.1 Å². The van der Waals surface area contributed by atoms with Crippen LogP contribution in [0.15, 0.2) is 0 Å². The van der Waals surface area contributed by atoms with Crippen molar-refractivity contribution in [1.82, 2.24) is 0 Å². The van der Waals surface area contributed by atoms with E-state index in [-0.39, 0.29) is 12.1 Å². The fourth-order valence-corrected chi connectivity index (χ4v) is 4.86. The molecule has 0 aromatic heterocycles. The van der Waals surface area contributed by atoms with E-state index in [4.69, 9.17) is 15.2 Å². The molecule has 0 radical (unpaired) electrons. The van der Waals surface area contributed by atoms with Crippen LogP contribution in [0, 0.1) is 0 Å². The van der Waals surface area contributed by atoms with Crippen LogP contribution in [0.1, 0.15) is 117 Å². The largest absolute Gasteiger partial charge is 0.394 e. The average molecular weight is 536 g/mol. The van der Waals surface area contributed by atoms with Gasteiger partial charge in [0.25, 0.3) is 0 Å². The predicted octanol–water partition coefficient (Wildman–Crippen LogP) is 2.50. The van der Waals surface area contributed by atoms with Crippen molar-refractivity contribution in [3.8, 4) is 0 Å². The van der Waals surface area contributed by atoms with E-state index in [0.29, 0.717) is 6.42 Å². The first-order valence-corrected chi connectivity index (χ1v) is 14.8. The Hall–Kier alpha value is -0.360. The zero-order valence-electron chi connectivity index (χ0n) is 23.3. The van der Waals surface area contributed by atoms with Gasteiger partial charge in [-0.05, 0) is 26.7 Å². The normalized spacial score (nSPS) is 27.6. The van der Waals surface area contributed by atoms with E-state index in [1.165, 1.54) is 64.2 Å². The molecule has 9 atom stereocenters. The quantitative estimate of drug-likeness (QED) is 0.103. The summed E-state index contributed by atoms with van der Waals surface area (Å²) in [6, 6.07) is -0.129. The molecule has 1 saturated heterocycles. The van der Waals surface area contributed by atoms with Crippen molar-refractivity contribution >= 4 is 0 Å². The van der Waals surface area contributed by atoms with Crippen molar-refractivity contribution < 1.29 is 40.1 Å². The average Bonchev–Trinajstić information content (AvgIpc) is 2.87. The van der Waals surface area contributed by atoms with Crippen LogP contribution in [0.4, 0.5) is 0 Å². The van der Waals surface area contributed by atoms with Crippen molar-refractivity contribution in [2.75, 3.05) is 6.61 Å². The molecule has 0 aliphatic carbocycles. The summed E-state index contributed by atoms with van der Waals surface area (Å²) >= 11 is 0. The molecule has 0 amide bonds. The molecule has 0 spiro atoms. The second-order valence-electron chi connectivity index (χ2n) is 11.1. The molecule has 222 valence electrons. The second-order valence-corrected chi connectivity index (χ2v) is 11.1. The monoisotopic (exact) mass is 535 g/mol. The third kappa shape index (κ3) is 14.6. The molecule has 1 aliphatic rings. The lowest BCUT2D eigenvalue weighted by atomic mass is 9.99. The van der Waals surface area contributed by atoms with Crippen LogP contribution in [-0.4, -0.2) is 92.3 Å². The summed E-state index contributed by atoms with van der Waals surface area (Å²) in [5.41, 5.74) is 5.67. The molecule has 9 heteroatoms. The molecule has 0 bridgehead atoms. The maximum Gasteiger partial charge on any atom is 0.187 e. The summed E-state index contributed by atoms with van der Waals surface area (Å²) < 4.78 is 11.1. The minimum atomic E-state index is -1.48. The van der Waals surface area contributed by atoms with Crippen LogP contribution in [0.5, 0.6) is 0 Å². The molecule has 0 aromatic carbocycles. The van der Waals surface area contributed by atoms with Gasteiger partial charge in [-0.3, -0.25) is 0 Å². The molecule has 1 aliphatic heterocycles. The van der Waals surface area contributed by atoms with Gasteiger partial charge in [0.2, 0.25) is 0 Å². The third-order valence-electron chi connectivity index (χ3n) is 7.54. The highest BCUT2D eigenvalue weighted by atomic mass is 16.7. The van der Waals surface area contributed by atoms with Gasteiger partial charge in [-0.1, -0.05) is 89.9 Å². The van der Waals surface area contributed by atoms with E-state index in [2.05, 4.69) is 0 Å². The zero-order valence-corrected chi connectivity index (χ0v) is 23.3. The Morgan fingerprint density at radius 1 is 0.676 bits per heavy atom. The van der Waals surface area contributed by atoms with Crippen molar-refractivity contribution in [3.63, 3.8) is 0 Å². The summed E-state index contributed by atoms with van der Waals surface area (Å²) in [6.07, 6.45) is 9.81. The number of rotatable bonds is 22. The molecule has 1 heterocycles. The van der Waals surface area contributed by atoms with E-state index >= 15 is 0 Å². The molecular weight excluding hydrogens is 478 g/mol. The summed E-state index contributed by atoms with van der Waals surface area (Å²) in [6.45, 7) is 2.96. The minimum Gasteiger partial charge on any atom is -0.394 e. The fraction of sp³-hybridized carbons (Fsp3) is 1.00. The van der Waals surface area contributed by atoms with Crippen LogP contribution >= 0.6 is 0 Å². The highest BCUT2D eigenvalue weighted by Crippen LogP contribution is 2.25. The summed E-state index contributed by atoms with van der Waals surface area (Å²) in [7, 11) is 0. The molecule has 9 unspecified atom stereocenters. The Labute approximate surface area is 224 Å². The van der Waals surface area contributed by atoms with Crippen molar-refractivity contribution in [2.24, 2.45) is 5.73 Å². The van der Waals surface area contributed by atoms with Gasteiger partial charge in [-0.15, -0.1) is 0 Å². The van der Waals surface area contributed by atoms with Gasteiger partial charge < -0.3 is 45.8 Å². The maximum absolute atomic E-state index is 10.2. The molecule has 1 fully saturated rings. The van der Waals surface area contributed by atoms with Crippen molar-refractivity contribution in [3.05, 3.63) is 0 Å². The van der Waals surface area contributed by atoms with Gasteiger partial charge in [-0.2, -0.15) is 0 Å². The van der Waals surface area contributed by atoms with Crippen LogP contribution in [-0.2, 0) is 9.47 Å². The SMILES string of the molecule is CC(N)C(O)CCCCCCCCCCCCCCCCC(OC1OC(CO)C(O)C(O)C1O)C(C)O. The topological polar surface area (TPSA) is 166 Å². The maximum atomic E-state index is 10.2.